The predicted octanol–water partition coefficient (Wildman–Crippen LogP) is 3.16. The Morgan fingerprint density at radius 3 is 2.62 bits per heavy atom. The Bertz CT molecular complexity index is 1010. The largest absolute Gasteiger partial charge is 0.390 e. The van der Waals surface area contributed by atoms with Crippen molar-refractivity contribution in [3.8, 4) is 0 Å². The molecule has 2 aliphatic carbocycles. The zero-order valence-electron chi connectivity index (χ0n) is 19.2. The Labute approximate surface area is 197 Å². The highest BCUT2D eigenvalue weighted by Crippen LogP contribution is 2.36. The van der Waals surface area contributed by atoms with Crippen LogP contribution in [0.25, 0.3) is 0 Å². The van der Waals surface area contributed by atoms with Crippen LogP contribution in [0.3, 0.4) is 0 Å². The maximum atomic E-state index is 14.1. The summed E-state index contributed by atoms with van der Waals surface area (Å²) >= 11 is 0. The number of aliphatic hydroxyl groups excluding tert-OH is 2. The lowest BCUT2D eigenvalue weighted by Gasteiger charge is -2.44. The summed E-state index contributed by atoms with van der Waals surface area (Å²) in [5.74, 6) is -1.96. The van der Waals surface area contributed by atoms with Crippen molar-refractivity contribution in [2.24, 2.45) is 5.92 Å². The van der Waals surface area contributed by atoms with Gasteiger partial charge in [-0.3, -0.25) is 4.79 Å². The fourth-order valence-corrected chi connectivity index (χ4v) is 4.36. The van der Waals surface area contributed by atoms with Crippen LogP contribution in [0.2, 0.25) is 0 Å². The lowest BCUT2D eigenvalue weighted by Crippen LogP contribution is -2.60. The maximum absolute atomic E-state index is 14.1. The minimum absolute atomic E-state index is 0.0169. The van der Waals surface area contributed by atoms with Gasteiger partial charge in [-0.25, -0.2) is 8.78 Å². The Kier molecular flexibility index (Phi) is 7.62. The number of benzene rings is 2. The number of carbonyl (C=O) groups excluding carboxylic acids is 1. The summed E-state index contributed by atoms with van der Waals surface area (Å²) in [7, 11) is 0. The van der Waals surface area contributed by atoms with Crippen molar-refractivity contribution in [2.45, 2.75) is 69.7 Å². The second-order valence-electron chi connectivity index (χ2n) is 9.45. The summed E-state index contributed by atoms with van der Waals surface area (Å²) in [4.78, 5) is 13.3. The van der Waals surface area contributed by atoms with Gasteiger partial charge in [-0.2, -0.15) is 0 Å². The third-order valence-corrected chi connectivity index (χ3v) is 6.59. The molecular weight excluding hydrogens is 444 g/mol. The molecule has 0 heterocycles. The lowest BCUT2D eigenvalue weighted by atomic mass is 9.78. The van der Waals surface area contributed by atoms with E-state index in [2.05, 4.69) is 5.32 Å². The van der Waals surface area contributed by atoms with Crippen LogP contribution in [-0.2, 0) is 27.5 Å². The first-order valence-electron chi connectivity index (χ1n) is 11.7. The number of amides is 1. The molecule has 34 heavy (non-hydrogen) atoms. The Morgan fingerprint density at radius 1 is 1.12 bits per heavy atom. The standard InChI is InChI=1S/C26H31F2NO5/c1-16-4-2-5-18(10-16)14-34-26(25(32)29-13-17-8-9-17)11-21(30)24(31)22(12-26)33-15-19-6-3-7-20(27)23(19)28/h2-7,10,17,21-22,24,30-31H,8-9,11-15H2,1H3,(H,29,32)/t21-,22-,24-,26+/m1/s1. The van der Waals surface area contributed by atoms with Crippen molar-refractivity contribution in [3.63, 3.8) is 0 Å². The van der Waals surface area contributed by atoms with Gasteiger partial charge >= 0.3 is 0 Å². The average molecular weight is 476 g/mol. The zero-order valence-corrected chi connectivity index (χ0v) is 19.2. The lowest BCUT2D eigenvalue weighted by molar-refractivity contribution is -0.200. The molecule has 4 atom stereocenters. The summed E-state index contributed by atoms with van der Waals surface area (Å²) in [5, 5.41) is 24.1. The van der Waals surface area contributed by atoms with Crippen LogP contribution < -0.4 is 5.32 Å². The van der Waals surface area contributed by atoms with Gasteiger partial charge in [0.1, 0.15) is 6.10 Å². The molecule has 0 radical (unpaired) electrons. The smallest absolute Gasteiger partial charge is 0.252 e. The minimum Gasteiger partial charge on any atom is -0.390 e. The quantitative estimate of drug-likeness (QED) is 0.519. The molecule has 0 bridgehead atoms. The van der Waals surface area contributed by atoms with Crippen LogP contribution >= 0.6 is 0 Å². The van der Waals surface area contributed by atoms with E-state index in [9.17, 15) is 23.8 Å². The fraction of sp³-hybridized carbons (Fsp3) is 0.500. The van der Waals surface area contributed by atoms with Crippen LogP contribution in [0.4, 0.5) is 8.78 Å². The van der Waals surface area contributed by atoms with Crippen LogP contribution in [0.1, 0.15) is 42.4 Å². The zero-order chi connectivity index (χ0) is 24.3. The van der Waals surface area contributed by atoms with Gasteiger partial charge in [0.15, 0.2) is 17.2 Å². The van der Waals surface area contributed by atoms with Crippen LogP contribution in [-0.4, -0.2) is 46.6 Å². The molecule has 2 aromatic rings. The fourth-order valence-electron chi connectivity index (χ4n) is 4.36. The molecule has 0 saturated heterocycles. The van der Waals surface area contributed by atoms with Crippen molar-refractivity contribution >= 4 is 5.91 Å². The summed E-state index contributed by atoms with van der Waals surface area (Å²) in [6, 6.07) is 11.4. The summed E-state index contributed by atoms with van der Waals surface area (Å²) in [5.41, 5.74) is 0.458. The van der Waals surface area contributed by atoms with E-state index < -0.39 is 35.5 Å². The van der Waals surface area contributed by atoms with Crippen molar-refractivity contribution in [3.05, 3.63) is 70.8 Å². The number of hydrogen-bond donors (Lipinski definition) is 3. The predicted molar refractivity (Wildman–Crippen MR) is 121 cm³/mol. The van der Waals surface area contributed by atoms with E-state index in [0.717, 1.165) is 30.0 Å². The topological polar surface area (TPSA) is 88.0 Å². The van der Waals surface area contributed by atoms with E-state index in [-0.39, 0.29) is 37.5 Å². The molecule has 0 spiro atoms. The van der Waals surface area contributed by atoms with E-state index in [1.807, 2.05) is 31.2 Å². The third kappa shape index (κ3) is 5.81. The number of carbonyl (C=O) groups is 1. The van der Waals surface area contributed by atoms with Crippen molar-refractivity contribution in [1.29, 1.82) is 0 Å². The molecule has 0 aliphatic heterocycles. The molecule has 184 valence electrons. The molecule has 2 saturated carbocycles. The van der Waals surface area contributed by atoms with E-state index in [4.69, 9.17) is 9.47 Å². The minimum atomic E-state index is -1.44. The second kappa shape index (κ2) is 10.5. The van der Waals surface area contributed by atoms with Gasteiger partial charge in [0.2, 0.25) is 0 Å². The number of halogens is 2. The normalized spacial score (nSPS) is 26.9. The molecule has 3 N–H and O–H groups in total. The van der Waals surface area contributed by atoms with E-state index in [1.54, 1.807) is 0 Å². The van der Waals surface area contributed by atoms with Crippen LogP contribution in [0.15, 0.2) is 42.5 Å². The first-order valence-corrected chi connectivity index (χ1v) is 11.7. The Morgan fingerprint density at radius 2 is 1.88 bits per heavy atom. The first kappa shape index (κ1) is 24.7. The number of aliphatic hydroxyl groups is 2. The van der Waals surface area contributed by atoms with Crippen molar-refractivity contribution in [2.75, 3.05) is 6.54 Å². The van der Waals surface area contributed by atoms with Gasteiger partial charge in [-0.15, -0.1) is 0 Å². The summed E-state index contributed by atoms with van der Waals surface area (Å²) < 4.78 is 39.5. The average Bonchev–Trinajstić information content (AvgIpc) is 3.64. The number of nitrogens with one attached hydrogen (secondary N) is 1. The summed E-state index contributed by atoms with van der Waals surface area (Å²) in [6.45, 7) is 2.28. The second-order valence-corrected chi connectivity index (χ2v) is 9.45. The van der Waals surface area contributed by atoms with Crippen molar-refractivity contribution in [1.82, 2.24) is 5.32 Å². The third-order valence-electron chi connectivity index (χ3n) is 6.59. The molecule has 2 fully saturated rings. The highest BCUT2D eigenvalue weighted by molar-refractivity contribution is 5.85. The molecule has 0 unspecified atom stereocenters. The molecule has 6 nitrogen and oxygen atoms in total. The van der Waals surface area contributed by atoms with Gasteiger partial charge < -0.3 is 25.0 Å². The number of aryl methyl sites for hydroxylation is 1. The van der Waals surface area contributed by atoms with Gasteiger partial charge in [-0.05, 0) is 37.3 Å². The van der Waals surface area contributed by atoms with Crippen LogP contribution in [0, 0.1) is 24.5 Å². The van der Waals surface area contributed by atoms with Crippen LogP contribution in [0.5, 0.6) is 0 Å². The molecule has 2 aromatic carbocycles. The van der Waals surface area contributed by atoms with E-state index >= 15 is 0 Å². The molecule has 4 rings (SSSR count). The monoisotopic (exact) mass is 475 g/mol. The first-order chi connectivity index (χ1) is 16.3. The molecule has 0 aromatic heterocycles. The highest BCUT2D eigenvalue weighted by Gasteiger charge is 2.51. The highest BCUT2D eigenvalue weighted by atomic mass is 19.2. The van der Waals surface area contributed by atoms with E-state index in [1.165, 1.54) is 12.1 Å². The SMILES string of the molecule is Cc1cccc(CO[C@@]2(C(=O)NCC3CC3)C[C@@H](O)[C@@H](O)[C@H](OCc3cccc(F)c3F)C2)c1. The molecule has 8 heteroatoms. The van der Waals surface area contributed by atoms with Gasteiger partial charge in [0, 0.05) is 24.9 Å². The Hall–Kier alpha value is -2.39. The number of hydrogen-bond acceptors (Lipinski definition) is 5. The van der Waals surface area contributed by atoms with Gasteiger partial charge in [0.05, 0.1) is 25.4 Å². The van der Waals surface area contributed by atoms with Gasteiger partial charge in [-0.1, -0.05) is 42.0 Å². The Balaban J connectivity index is 1.52. The van der Waals surface area contributed by atoms with Crippen molar-refractivity contribution < 1.29 is 33.3 Å². The molecule has 2 aliphatic rings. The van der Waals surface area contributed by atoms with Gasteiger partial charge in [0.25, 0.3) is 5.91 Å². The molecular formula is C26H31F2NO5. The summed E-state index contributed by atoms with van der Waals surface area (Å²) in [6.07, 6.45) is -1.64. The number of ether oxygens (including phenoxy) is 2. The number of rotatable bonds is 9. The maximum Gasteiger partial charge on any atom is 0.252 e. The molecule has 1 amide bonds. The van der Waals surface area contributed by atoms with E-state index in [0.29, 0.717) is 12.5 Å².